The highest BCUT2D eigenvalue weighted by Crippen LogP contribution is 2.37. The second kappa shape index (κ2) is 7.82. The van der Waals surface area contributed by atoms with E-state index in [4.69, 9.17) is 27.9 Å². The molecule has 7 heteroatoms. The highest BCUT2D eigenvalue weighted by atomic mass is 35.5. The van der Waals surface area contributed by atoms with Crippen molar-refractivity contribution in [2.75, 3.05) is 20.2 Å². The molecule has 0 radical (unpaired) electrons. The fraction of sp³-hybridized carbons (Fsp3) is 0.368. The number of amides is 1. The number of methoxy groups -OCH3 is 1. The van der Waals surface area contributed by atoms with Crippen LogP contribution in [0.2, 0.25) is 10.0 Å². The molecule has 1 fully saturated rings. The van der Waals surface area contributed by atoms with Crippen molar-refractivity contribution in [3.8, 4) is 5.88 Å². The summed E-state index contributed by atoms with van der Waals surface area (Å²) in [6.45, 7) is 2.71. The van der Waals surface area contributed by atoms with Crippen molar-refractivity contribution in [3.05, 3.63) is 57.7 Å². The molecule has 1 aromatic heterocycles. The van der Waals surface area contributed by atoms with Gasteiger partial charge in [-0.3, -0.25) is 4.79 Å². The van der Waals surface area contributed by atoms with Crippen LogP contribution in [0.15, 0.2) is 36.5 Å². The van der Waals surface area contributed by atoms with Crippen molar-refractivity contribution in [1.29, 1.82) is 0 Å². The van der Waals surface area contributed by atoms with Crippen LogP contribution < -0.4 is 4.74 Å². The van der Waals surface area contributed by atoms with E-state index >= 15 is 0 Å². The Morgan fingerprint density at radius 2 is 2.04 bits per heavy atom. The van der Waals surface area contributed by atoms with Gasteiger partial charge in [-0.05, 0) is 30.7 Å². The Morgan fingerprint density at radius 1 is 1.27 bits per heavy atom. The highest BCUT2D eigenvalue weighted by molar-refractivity contribution is 6.42. The van der Waals surface area contributed by atoms with Gasteiger partial charge in [0, 0.05) is 37.2 Å². The van der Waals surface area contributed by atoms with E-state index in [1.165, 1.54) is 13.3 Å². The average Bonchev–Trinajstić information content (AvgIpc) is 3.09. The zero-order valence-corrected chi connectivity index (χ0v) is 16.0. The van der Waals surface area contributed by atoms with Crippen LogP contribution in [0.1, 0.15) is 28.8 Å². The van der Waals surface area contributed by atoms with Gasteiger partial charge in [0.15, 0.2) is 0 Å². The van der Waals surface area contributed by atoms with Crippen molar-refractivity contribution in [2.45, 2.75) is 18.9 Å². The number of hydrogen-bond acceptors (Lipinski definition) is 4. The van der Waals surface area contributed by atoms with E-state index in [2.05, 4.69) is 4.98 Å². The van der Waals surface area contributed by atoms with E-state index in [0.29, 0.717) is 34.6 Å². The third kappa shape index (κ3) is 3.80. The molecule has 0 aliphatic carbocycles. The second-order valence-corrected chi connectivity index (χ2v) is 7.30. The Bertz CT molecular complexity index is 796. The second-order valence-electron chi connectivity index (χ2n) is 6.48. The molecule has 1 saturated heterocycles. The van der Waals surface area contributed by atoms with Gasteiger partial charge in [0.05, 0.1) is 28.8 Å². The number of carbonyl (C=O) groups excluding carboxylic acids is 1. The van der Waals surface area contributed by atoms with Gasteiger partial charge in [0.25, 0.3) is 5.91 Å². The summed E-state index contributed by atoms with van der Waals surface area (Å²) < 4.78 is 5.03. The number of hydrogen-bond donors (Lipinski definition) is 1. The van der Waals surface area contributed by atoms with Gasteiger partial charge < -0.3 is 14.7 Å². The first-order valence-corrected chi connectivity index (χ1v) is 9.08. The normalized spacial score (nSPS) is 20.9. The minimum absolute atomic E-state index is 0.0140. The maximum atomic E-state index is 12.8. The Morgan fingerprint density at radius 3 is 2.62 bits per heavy atom. The smallest absolute Gasteiger partial charge is 0.255 e. The van der Waals surface area contributed by atoms with Gasteiger partial charge in [0.1, 0.15) is 0 Å². The molecule has 0 spiro atoms. The largest absolute Gasteiger partial charge is 0.481 e. The average molecular weight is 395 g/mol. The summed E-state index contributed by atoms with van der Waals surface area (Å²) >= 11 is 12.2. The maximum Gasteiger partial charge on any atom is 0.255 e. The topological polar surface area (TPSA) is 62.7 Å². The lowest BCUT2D eigenvalue weighted by molar-refractivity contribution is 0.0761. The maximum absolute atomic E-state index is 12.8. The van der Waals surface area contributed by atoms with E-state index in [-0.39, 0.29) is 17.7 Å². The van der Waals surface area contributed by atoms with Crippen molar-refractivity contribution < 1.29 is 14.6 Å². The van der Waals surface area contributed by atoms with E-state index < -0.39 is 6.10 Å². The summed E-state index contributed by atoms with van der Waals surface area (Å²) in [6.07, 6.45) is 0.951. The summed E-state index contributed by atoms with van der Waals surface area (Å²) in [5, 5.41) is 11.2. The summed E-state index contributed by atoms with van der Waals surface area (Å²) in [5.74, 6) is 0.245. The monoisotopic (exact) mass is 394 g/mol. The molecule has 26 heavy (non-hydrogen) atoms. The highest BCUT2D eigenvalue weighted by Gasteiger charge is 2.39. The summed E-state index contributed by atoms with van der Waals surface area (Å²) in [6, 6.07) is 8.81. The minimum atomic E-state index is -0.554. The minimum Gasteiger partial charge on any atom is -0.481 e. The SMILES string of the molecule is COc1ccc(C(=O)N2C[C@@H]([C@H](C)O)[C@H](c3ccc(Cl)c(Cl)c3)C2)cn1. The number of halogens is 2. The van der Waals surface area contributed by atoms with Crippen LogP contribution in [0, 0.1) is 5.92 Å². The number of ether oxygens (including phenoxy) is 1. The first-order valence-electron chi connectivity index (χ1n) is 8.33. The molecular weight excluding hydrogens is 375 g/mol. The molecular formula is C19H20Cl2N2O3. The van der Waals surface area contributed by atoms with Crippen LogP contribution in [0.3, 0.4) is 0 Å². The van der Waals surface area contributed by atoms with Crippen molar-refractivity contribution >= 4 is 29.1 Å². The quantitative estimate of drug-likeness (QED) is 0.859. The van der Waals surface area contributed by atoms with E-state index in [1.54, 1.807) is 30.0 Å². The number of carbonyl (C=O) groups is 1. The Labute approximate surface area is 162 Å². The molecule has 0 bridgehead atoms. The fourth-order valence-electron chi connectivity index (χ4n) is 3.39. The van der Waals surface area contributed by atoms with Gasteiger partial charge in [-0.2, -0.15) is 0 Å². The lowest BCUT2D eigenvalue weighted by Gasteiger charge is -2.21. The summed E-state index contributed by atoms with van der Waals surface area (Å²) in [4.78, 5) is 18.7. The summed E-state index contributed by atoms with van der Waals surface area (Å²) in [5.41, 5.74) is 1.46. The van der Waals surface area contributed by atoms with E-state index in [0.717, 1.165) is 5.56 Å². The molecule has 138 valence electrons. The van der Waals surface area contributed by atoms with E-state index in [1.807, 2.05) is 12.1 Å². The van der Waals surface area contributed by atoms with Crippen molar-refractivity contribution in [3.63, 3.8) is 0 Å². The van der Waals surface area contributed by atoms with Crippen molar-refractivity contribution in [2.24, 2.45) is 5.92 Å². The number of aliphatic hydroxyl groups excluding tert-OH is 1. The molecule has 1 aromatic carbocycles. The van der Waals surface area contributed by atoms with Gasteiger partial charge in [-0.15, -0.1) is 0 Å². The van der Waals surface area contributed by atoms with Crippen LogP contribution in [0.5, 0.6) is 5.88 Å². The predicted octanol–water partition coefficient (Wildman–Crippen LogP) is 3.63. The number of benzene rings is 1. The third-order valence-corrected chi connectivity index (χ3v) is 5.58. The fourth-order valence-corrected chi connectivity index (χ4v) is 3.70. The molecule has 3 atom stereocenters. The zero-order chi connectivity index (χ0) is 18.8. The molecule has 1 N–H and O–H groups in total. The number of nitrogens with zero attached hydrogens (tertiary/aromatic N) is 2. The van der Waals surface area contributed by atoms with Crippen LogP contribution in [0.25, 0.3) is 0 Å². The Hall–Kier alpha value is -1.82. The lowest BCUT2D eigenvalue weighted by Crippen LogP contribution is -2.30. The number of aromatic nitrogens is 1. The molecule has 2 aromatic rings. The molecule has 1 aliphatic rings. The molecule has 1 aliphatic heterocycles. The molecule has 1 amide bonds. The van der Waals surface area contributed by atoms with Crippen LogP contribution in [-0.2, 0) is 0 Å². The van der Waals surface area contributed by atoms with Crippen molar-refractivity contribution in [1.82, 2.24) is 9.88 Å². The van der Waals surface area contributed by atoms with Gasteiger partial charge in [-0.25, -0.2) is 4.98 Å². The predicted molar refractivity (Wildman–Crippen MR) is 101 cm³/mol. The van der Waals surface area contributed by atoms with Crippen LogP contribution >= 0.6 is 23.2 Å². The number of aliphatic hydroxyl groups is 1. The van der Waals surface area contributed by atoms with E-state index in [9.17, 15) is 9.90 Å². The summed E-state index contributed by atoms with van der Waals surface area (Å²) in [7, 11) is 1.53. The van der Waals surface area contributed by atoms with Gasteiger partial charge in [-0.1, -0.05) is 29.3 Å². The third-order valence-electron chi connectivity index (χ3n) is 4.84. The number of likely N-dealkylation sites (tertiary alicyclic amines) is 1. The number of rotatable bonds is 4. The Kier molecular flexibility index (Phi) is 5.70. The molecule has 0 unspecified atom stereocenters. The van der Waals surface area contributed by atoms with Crippen LogP contribution in [0.4, 0.5) is 0 Å². The Balaban J connectivity index is 1.84. The first-order chi connectivity index (χ1) is 12.4. The molecule has 2 heterocycles. The molecule has 5 nitrogen and oxygen atoms in total. The van der Waals surface area contributed by atoms with Gasteiger partial charge in [0.2, 0.25) is 5.88 Å². The lowest BCUT2D eigenvalue weighted by atomic mass is 9.86. The molecule has 0 saturated carbocycles. The number of pyridine rings is 1. The zero-order valence-electron chi connectivity index (χ0n) is 14.5. The molecule has 3 rings (SSSR count). The van der Waals surface area contributed by atoms with Gasteiger partial charge >= 0.3 is 0 Å². The van der Waals surface area contributed by atoms with Crippen LogP contribution in [-0.4, -0.2) is 47.2 Å². The standard InChI is InChI=1S/C19H20Cl2N2O3/c1-11(24)14-9-23(19(25)13-4-6-18(26-2)22-8-13)10-15(14)12-3-5-16(20)17(21)7-12/h3-8,11,14-15,24H,9-10H2,1-2H3/t11-,14-,15-/m0/s1. The first kappa shape index (κ1) is 19.0.